The number of halogens is 1. The fraction of sp³-hybridized carbons (Fsp3) is 0.167. The largest absolute Gasteiger partial charge is 0.463 e. The molecule has 0 aliphatic rings. The van der Waals surface area contributed by atoms with E-state index in [1.165, 1.54) is 18.9 Å². The molecule has 2 aromatic rings. The minimum Gasteiger partial charge on any atom is -0.463 e. The monoisotopic (exact) mass is 283 g/mol. The quantitative estimate of drug-likeness (QED) is 0.636. The molecule has 0 aliphatic heterocycles. The van der Waals surface area contributed by atoms with Crippen LogP contribution in [0.5, 0.6) is 0 Å². The molecule has 0 saturated carbocycles. The van der Waals surface area contributed by atoms with Gasteiger partial charge in [0.25, 0.3) is 0 Å². The highest BCUT2D eigenvalue weighted by atomic mass is 35.5. The van der Waals surface area contributed by atoms with Crippen molar-refractivity contribution in [1.82, 2.24) is 4.98 Å². The van der Waals surface area contributed by atoms with Crippen molar-refractivity contribution in [3.8, 4) is 0 Å². The number of carbonyl (C=O) groups excluding carboxylic acids is 1. The van der Waals surface area contributed by atoms with Gasteiger partial charge in [-0.1, -0.05) is 23.4 Å². The van der Waals surface area contributed by atoms with Gasteiger partial charge in [-0.05, 0) is 24.3 Å². The van der Waals surface area contributed by atoms with Crippen LogP contribution in [0.4, 0.5) is 0 Å². The number of pyridine rings is 1. The summed E-state index contributed by atoms with van der Waals surface area (Å²) in [5.74, 6) is 0.928. The van der Waals surface area contributed by atoms with E-state index >= 15 is 0 Å². The van der Waals surface area contributed by atoms with Crippen LogP contribution in [-0.2, 0) is 10.5 Å². The Hall–Kier alpha value is -1.46. The van der Waals surface area contributed by atoms with E-state index in [-0.39, 0.29) is 5.76 Å². The molecule has 0 atom stereocenters. The van der Waals surface area contributed by atoms with Gasteiger partial charge in [0.1, 0.15) is 10.8 Å². The lowest BCUT2D eigenvalue weighted by molar-refractivity contribution is 0.0563. The molecule has 6 heteroatoms. The molecule has 0 fully saturated rings. The molecule has 0 N–H and O–H groups in total. The predicted octanol–water partition coefficient (Wildman–Crippen LogP) is 3.41. The average molecular weight is 284 g/mol. The van der Waals surface area contributed by atoms with Crippen LogP contribution in [0.25, 0.3) is 0 Å². The molecule has 0 aliphatic carbocycles. The zero-order valence-electron chi connectivity index (χ0n) is 9.55. The number of esters is 1. The van der Waals surface area contributed by atoms with Crippen molar-refractivity contribution in [3.05, 3.63) is 47.0 Å². The van der Waals surface area contributed by atoms with Crippen LogP contribution < -0.4 is 0 Å². The summed E-state index contributed by atoms with van der Waals surface area (Å²) in [5.41, 5.74) is 0. The van der Waals surface area contributed by atoms with Crippen molar-refractivity contribution in [2.45, 2.75) is 10.8 Å². The second-order valence-electron chi connectivity index (χ2n) is 3.34. The second kappa shape index (κ2) is 5.93. The van der Waals surface area contributed by atoms with Gasteiger partial charge in [0.2, 0.25) is 5.76 Å². The van der Waals surface area contributed by atoms with Crippen LogP contribution >= 0.6 is 23.4 Å². The van der Waals surface area contributed by atoms with E-state index in [1.807, 2.05) is 0 Å². The summed E-state index contributed by atoms with van der Waals surface area (Å²) in [6.07, 6.45) is 1.68. The van der Waals surface area contributed by atoms with Crippen molar-refractivity contribution in [1.29, 1.82) is 0 Å². The molecule has 2 aromatic heterocycles. The number of furan rings is 1. The molecular formula is C12H10ClNO3S. The summed E-state index contributed by atoms with van der Waals surface area (Å²) in [4.78, 5) is 15.3. The van der Waals surface area contributed by atoms with Crippen molar-refractivity contribution in [2.24, 2.45) is 0 Å². The number of aromatic nitrogens is 1. The van der Waals surface area contributed by atoms with E-state index in [9.17, 15) is 4.79 Å². The van der Waals surface area contributed by atoms with Crippen molar-refractivity contribution in [2.75, 3.05) is 7.11 Å². The molecule has 0 radical (unpaired) electrons. The number of rotatable bonds is 4. The van der Waals surface area contributed by atoms with E-state index in [4.69, 9.17) is 16.0 Å². The highest BCUT2D eigenvalue weighted by Gasteiger charge is 2.11. The number of ether oxygens (including phenoxy) is 1. The second-order valence-corrected chi connectivity index (χ2v) is 4.71. The first-order chi connectivity index (χ1) is 8.70. The van der Waals surface area contributed by atoms with E-state index in [0.717, 1.165) is 5.03 Å². The molecule has 0 spiro atoms. The summed E-state index contributed by atoms with van der Waals surface area (Å²) in [6, 6.07) is 6.87. The molecule has 0 aromatic carbocycles. The van der Waals surface area contributed by atoms with Crippen LogP contribution in [0.1, 0.15) is 16.3 Å². The van der Waals surface area contributed by atoms with Gasteiger partial charge in [-0.2, -0.15) is 0 Å². The maximum atomic E-state index is 11.2. The third kappa shape index (κ3) is 3.05. The maximum Gasteiger partial charge on any atom is 0.373 e. The number of hydrogen-bond acceptors (Lipinski definition) is 5. The summed E-state index contributed by atoms with van der Waals surface area (Å²) in [6.45, 7) is 0. The maximum absolute atomic E-state index is 11.2. The molecule has 4 nitrogen and oxygen atoms in total. The summed E-state index contributed by atoms with van der Waals surface area (Å²) >= 11 is 7.42. The third-order valence-corrected chi connectivity index (χ3v) is 3.57. The molecule has 0 bridgehead atoms. The zero-order chi connectivity index (χ0) is 13.0. The van der Waals surface area contributed by atoms with Gasteiger partial charge >= 0.3 is 5.97 Å². The van der Waals surface area contributed by atoms with Crippen LogP contribution in [0.15, 0.2) is 39.9 Å². The van der Waals surface area contributed by atoms with E-state index < -0.39 is 5.97 Å². The normalized spacial score (nSPS) is 10.3. The number of nitrogens with zero attached hydrogens (tertiary/aromatic N) is 1. The molecule has 0 amide bonds. The predicted molar refractivity (Wildman–Crippen MR) is 68.9 cm³/mol. The molecule has 2 rings (SSSR count). The highest BCUT2D eigenvalue weighted by molar-refractivity contribution is 7.98. The Labute approximate surface area is 113 Å². The SMILES string of the molecule is COC(=O)c1ccc(CSc2ncccc2Cl)o1. The lowest BCUT2D eigenvalue weighted by Gasteiger charge is -2.00. The first kappa shape index (κ1) is 13.0. The standard InChI is InChI=1S/C12H10ClNO3S/c1-16-12(15)10-5-4-8(17-10)7-18-11-9(13)3-2-6-14-11/h2-6H,7H2,1H3. The van der Waals surface area contributed by atoms with E-state index in [2.05, 4.69) is 9.72 Å². The summed E-state index contributed by atoms with van der Waals surface area (Å²) < 4.78 is 9.89. The summed E-state index contributed by atoms with van der Waals surface area (Å²) in [7, 11) is 1.31. The van der Waals surface area contributed by atoms with E-state index in [1.54, 1.807) is 30.5 Å². The van der Waals surface area contributed by atoms with Gasteiger partial charge in [-0.3, -0.25) is 0 Å². The molecule has 0 saturated heterocycles. The van der Waals surface area contributed by atoms with E-state index in [0.29, 0.717) is 16.5 Å². The van der Waals surface area contributed by atoms with Crippen LogP contribution in [0.3, 0.4) is 0 Å². The fourth-order valence-electron chi connectivity index (χ4n) is 1.28. The topological polar surface area (TPSA) is 52.3 Å². The number of methoxy groups -OCH3 is 1. The number of thioether (sulfide) groups is 1. The molecule has 94 valence electrons. The lowest BCUT2D eigenvalue weighted by atomic mass is 10.4. The fourth-order valence-corrected chi connectivity index (χ4v) is 2.34. The van der Waals surface area contributed by atoms with Crippen LogP contribution in [0, 0.1) is 0 Å². The van der Waals surface area contributed by atoms with Gasteiger partial charge in [-0.15, -0.1) is 0 Å². The van der Waals surface area contributed by atoms with Gasteiger partial charge in [0.05, 0.1) is 17.9 Å². The average Bonchev–Trinajstić information content (AvgIpc) is 2.86. The molecule has 0 unspecified atom stereocenters. The number of carbonyl (C=O) groups is 1. The Bertz CT molecular complexity index is 556. The zero-order valence-corrected chi connectivity index (χ0v) is 11.1. The van der Waals surface area contributed by atoms with Crippen molar-refractivity contribution >= 4 is 29.3 Å². The Morgan fingerprint density at radius 3 is 3.06 bits per heavy atom. The van der Waals surface area contributed by atoms with Gasteiger partial charge < -0.3 is 9.15 Å². The smallest absolute Gasteiger partial charge is 0.373 e. The minimum atomic E-state index is -0.484. The third-order valence-electron chi connectivity index (χ3n) is 2.12. The summed E-state index contributed by atoms with van der Waals surface area (Å²) in [5, 5.41) is 1.33. The lowest BCUT2D eigenvalue weighted by Crippen LogP contribution is -1.98. The van der Waals surface area contributed by atoms with Crippen molar-refractivity contribution in [3.63, 3.8) is 0 Å². The Morgan fingerprint density at radius 1 is 1.50 bits per heavy atom. The molecular weight excluding hydrogens is 274 g/mol. The minimum absolute atomic E-state index is 0.195. The first-order valence-electron chi connectivity index (χ1n) is 5.11. The number of hydrogen-bond donors (Lipinski definition) is 0. The Morgan fingerprint density at radius 2 is 2.33 bits per heavy atom. The Balaban J connectivity index is 2.01. The highest BCUT2D eigenvalue weighted by Crippen LogP contribution is 2.27. The van der Waals surface area contributed by atoms with Crippen LogP contribution in [0.2, 0.25) is 5.02 Å². The molecule has 2 heterocycles. The first-order valence-corrected chi connectivity index (χ1v) is 6.47. The van der Waals surface area contributed by atoms with Gasteiger partial charge in [0.15, 0.2) is 0 Å². The van der Waals surface area contributed by atoms with Crippen molar-refractivity contribution < 1.29 is 13.9 Å². The Kier molecular flexibility index (Phi) is 4.28. The van der Waals surface area contributed by atoms with Gasteiger partial charge in [0, 0.05) is 6.20 Å². The van der Waals surface area contributed by atoms with Crippen LogP contribution in [-0.4, -0.2) is 18.1 Å². The van der Waals surface area contributed by atoms with Gasteiger partial charge in [-0.25, -0.2) is 9.78 Å². The molecule has 18 heavy (non-hydrogen) atoms.